The number of benzene rings is 2. The van der Waals surface area contributed by atoms with E-state index in [1.165, 1.54) is 16.9 Å². The van der Waals surface area contributed by atoms with E-state index in [4.69, 9.17) is 9.40 Å². The molecular formula is C26H19N3O3S. The van der Waals surface area contributed by atoms with E-state index in [1.54, 1.807) is 41.4 Å². The zero-order chi connectivity index (χ0) is 22.7. The highest BCUT2D eigenvalue weighted by Gasteiger charge is 2.45. The molecule has 1 aliphatic heterocycles. The average Bonchev–Trinajstić information content (AvgIpc) is 3.38. The summed E-state index contributed by atoms with van der Waals surface area (Å²) in [5.41, 5.74) is 3.09. The summed E-state index contributed by atoms with van der Waals surface area (Å²) in [4.78, 5) is 38.0. The van der Waals surface area contributed by atoms with Crippen molar-refractivity contribution < 1.29 is 9.21 Å². The molecule has 0 saturated heterocycles. The third kappa shape index (κ3) is 3.00. The molecular weight excluding hydrogens is 434 g/mol. The first-order valence-corrected chi connectivity index (χ1v) is 11.6. The first-order valence-electron chi connectivity index (χ1n) is 10.7. The van der Waals surface area contributed by atoms with Crippen molar-refractivity contribution in [2.24, 2.45) is 0 Å². The minimum atomic E-state index is -0.709. The molecule has 0 N–H and O–H groups in total. The Hall–Kier alpha value is -3.84. The monoisotopic (exact) mass is 453 g/mol. The van der Waals surface area contributed by atoms with Gasteiger partial charge >= 0.3 is 0 Å². The maximum absolute atomic E-state index is 13.7. The Morgan fingerprint density at radius 2 is 1.85 bits per heavy atom. The molecule has 0 aliphatic carbocycles. The fourth-order valence-corrected chi connectivity index (χ4v) is 5.37. The Morgan fingerprint density at radius 3 is 2.64 bits per heavy atom. The molecule has 3 aromatic heterocycles. The molecule has 0 unspecified atom stereocenters. The molecule has 0 spiro atoms. The summed E-state index contributed by atoms with van der Waals surface area (Å²) >= 11 is 1.43. The second-order valence-electron chi connectivity index (χ2n) is 8.38. The molecule has 2 aromatic carbocycles. The third-order valence-electron chi connectivity index (χ3n) is 6.02. The number of carbonyl (C=O) groups is 1. The van der Waals surface area contributed by atoms with Gasteiger partial charge in [-0.05, 0) is 47.9 Å². The fourth-order valence-electron chi connectivity index (χ4n) is 4.33. The van der Waals surface area contributed by atoms with Crippen molar-refractivity contribution in [3.8, 4) is 0 Å². The molecule has 1 amide bonds. The lowest BCUT2D eigenvalue weighted by molar-refractivity contribution is 0.0970. The van der Waals surface area contributed by atoms with Gasteiger partial charge in [0.15, 0.2) is 10.6 Å². The van der Waals surface area contributed by atoms with Crippen LogP contribution in [0.15, 0.2) is 76.1 Å². The number of nitrogens with zero attached hydrogens (tertiary/aromatic N) is 3. The van der Waals surface area contributed by atoms with Crippen molar-refractivity contribution in [2.45, 2.75) is 25.8 Å². The molecule has 33 heavy (non-hydrogen) atoms. The van der Waals surface area contributed by atoms with Crippen LogP contribution in [-0.4, -0.2) is 15.9 Å². The van der Waals surface area contributed by atoms with Crippen LogP contribution >= 0.6 is 11.3 Å². The Balaban J connectivity index is 1.60. The van der Waals surface area contributed by atoms with Crippen molar-refractivity contribution >= 4 is 43.6 Å². The lowest BCUT2D eigenvalue weighted by Crippen LogP contribution is -2.29. The summed E-state index contributed by atoms with van der Waals surface area (Å²) in [5.74, 6) is 0.0521. The number of pyridine rings is 1. The van der Waals surface area contributed by atoms with E-state index in [-0.39, 0.29) is 17.1 Å². The number of fused-ring (bicyclic) bond motifs is 3. The van der Waals surface area contributed by atoms with Gasteiger partial charge in [0.25, 0.3) is 5.91 Å². The van der Waals surface area contributed by atoms with Crippen molar-refractivity contribution in [3.63, 3.8) is 0 Å². The van der Waals surface area contributed by atoms with Crippen molar-refractivity contribution in [2.75, 3.05) is 4.90 Å². The summed E-state index contributed by atoms with van der Waals surface area (Å²) in [7, 11) is 0. The van der Waals surface area contributed by atoms with E-state index in [9.17, 15) is 9.59 Å². The average molecular weight is 454 g/mol. The molecule has 0 fully saturated rings. The number of rotatable bonds is 3. The summed E-state index contributed by atoms with van der Waals surface area (Å²) in [5, 5.41) is 0.958. The number of amides is 1. The number of hydrogen-bond donors (Lipinski definition) is 0. The maximum atomic E-state index is 13.7. The van der Waals surface area contributed by atoms with E-state index < -0.39 is 6.04 Å². The molecule has 7 heteroatoms. The van der Waals surface area contributed by atoms with Crippen LogP contribution in [0, 0.1) is 0 Å². The third-order valence-corrected chi connectivity index (χ3v) is 7.04. The maximum Gasteiger partial charge on any atom is 0.297 e. The number of thiazole rings is 1. The van der Waals surface area contributed by atoms with Gasteiger partial charge in [-0.2, -0.15) is 0 Å². The Bertz CT molecular complexity index is 1600. The molecule has 162 valence electrons. The first-order chi connectivity index (χ1) is 16.0. The largest absolute Gasteiger partial charge is 0.450 e. The van der Waals surface area contributed by atoms with Gasteiger partial charge in [0, 0.05) is 6.20 Å². The standard InChI is InChI=1S/C26H19N3O3S/c1-14(2)15-10-11-17-20(13-15)33-26(28-17)29-22(18-8-5-6-12-27-18)21-23(30)16-7-3-4-9-19(16)32-24(21)25(29)31/h3-14,22H,1-2H3/t22-/m0/s1. The quantitative estimate of drug-likeness (QED) is 0.352. The predicted octanol–water partition coefficient (Wildman–Crippen LogP) is 5.67. The van der Waals surface area contributed by atoms with Crippen molar-refractivity contribution in [3.05, 3.63) is 99.7 Å². The van der Waals surface area contributed by atoms with Crippen LogP contribution < -0.4 is 10.3 Å². The number of aromatic nitrogens is 2. The Morgan fingerprint density at radius 1 is 1.03 bits per heavy atom. The van der Waals surface area contributed by atoms with Gasteiger partial charge in [0.2, 0.25) is 5.76 Å². The van der Waals surface area contributed by atoms with Crippen LogP contribution in [0.2, 0.25) is 0 Å². The second-order valence-corrected chi connectivity index (χ2v) is 9.39. The van der Waals surface area contributed by atoms with Crippen LogP contribution in [-0.2, 0) is 0 Å². The predicted molar refractivity (Wildman–Crippen MR) is 129 cm³/mol. The number of carbonyl (C=O) groups excluding carboxylic acids is 1. The second kappa shape index (κ2) is 7.35. The van der Waals surface area contributed by atoms with Crippen LogP contribution in [0.4, 0.5) is 5.13 Å². The van der Waals surface area contributed by atoms with E-state index in [0.717, 1.165) is 10.2 Å². The van der Waals surface area contributed by atoms with Gasteiger partial charge in [-0.25, -0.2) is 4.98 Å². The molecule has 0 bridgehead atoms. The highest BCUT2D eigenvalue weighted by molar-refractivity contribution is 7.22. The van der Waals surface area contributed by atoms with Crippen molar-refractivity contribution in [1.29, 1.82) is 0 Å². The molecule has 4 heterocycles. The summed E-state index contributed by atoms with van der Waals surface area (Å²) < 4.78 is 6.97. The molecule has 1 atom stereocenters. The molecule has 5 aromatic rings. The normalized spacial score (nSPS) is 15.7. The SMILES string of the molecule is CC(C)c1ccc2nc(N3C(=O)c4oc5ccccc5c(=O)c4[C@@H]3c3ccccn3)sc2c1. The minimum Gasteiger partial charge on any atom is -0.450 e. The smallest absolute Gasteiger partial charge is 0.297 e. The van der Waals surface area contributed by atoms with Crippen molar-refractivity contribution in [1.82, 2.24) is 9.97 Å². The fraction of sp³-hybridized carbons (Fsp3) is 0.154. The first kappa shape index (κ1) is 19.8. The van der Waals surface area contributed by atoms with E-state index in [2.05, 4.69) is 31.0 Å². The lowest BCUT2D eigenvalue weighted by atomic mass is 10.0. The van der Waals surface area contributed by atoms with Gasteiger partial charge in [-0.3, -0.25) is 19.5 Å². The van der Waals surface area contributed by atoms with E-state index in [0.29, 0.717) is 33.3 Å². The summed E-state index contributed by atoms with van der Waals surface area (Å²) in [6, 6.07) is 17.9. The van der Waals surface area contributed by atoms with Crippen LogP contribution in [0.25, 0.3) is 21.2 Å². The van der Waals surface area contributed by atoms with Gasteiger partial charge in [0.05, 0.1) is 26.9 Å². The molecule has 6 rings (SSSR count). The molecule has 6 nitrogen and oxygen atoms in total. The zero-order valence-corrected chi connectivity index (χ0v) is 18.8. The number of para-hydroxylation sites is 1. The Labute approximate surface area is 193 Å². The molecule has 0 saturated carbocycles. The van der Waals surface area contributed by atoms with Gasteiger partial charge in [0.1, 0.15) is 11.6 Å². The zero-order valence-electron chi connectivity index (χ0n) is 18.0. The van der Waals surface area contributed by atoms with Crippen LogP contribution in [0.3, 0.4) is 0 Å². The van der Waals surface area contributed by atoms with Gasteiger partial charge < -0.3 is 4.42 Å². The number of hydrogen-bond acceptors (Lipinski definition) is 6. The van der Waals surface area contributed by atoms with Crippen LogP contribution in [0.1, 0.15) is 53.2 Å². The molecule has 0 radical (unpaired) electrons. The summed E-state index contributed by atoms with van der Waals surface area (Å²) in [6.07, 6.45) is 1.66. The van der Waals surface area contributed by atoms with Crippen LogP contribution in [0.5, 0.6) is 0 Å². The topological polar surface area (TPSA) is 76.3 Å². The van der Waals surface area contributed by atoms with E-state index in [1.807, 2.05) is 18.2 Å². The Kier molecular flexibility index (Phi) is 4.41. The number of anilines is 1. The summed E-state index contributed by atoms with van der Waals surface area (Å²) in [6.45, 7) is 4.28. The minimum absolute atomic E-state index is 0.0523. The molecule has 1 aliphatic rings. The highest BCUT2D eigenvalue weighted by atomic mass is 32.1. The van der Waals surface area contributed by atoms with E-state index >= 15 is 0 Å². The van der Waals surface area contributed by atoms with Gasteiger partial charge in [-0.1, -0.05) is 49.4 Å². The van der Waals surface area contributed by atoms with Gasteiger partial charge in [-0.15, -0.1) is 0 Å². The lowest BCUT2D eigenvalue weighted by Gasteiger charge is -2.21. The highest BCUT2D eigenvalue weighted by Crippen LogP contribution is 2.43.